The molecule has 1 rings (SSSR count). The molecule has 0 saturated carbocycles. The number of hydrogen-bond donors (Lipinski definition) is 4. The number of rotatable bonds is 5. The van der Waals surface area contributed by atoms with Crippen LogP contribution in [0.4, 0.5) is 5.69 Å². The topological polar surface area (TPSA) is 98.7 Å². The number of aromatic hydroxyl groups is 1. The second-order valence-electron chi connectivity index (χ2n) is 5.51. The van der Waals surface area contributed by atoms with Gasteiger partial charge in [0, 0.05) is 24.2 Å². The van der Waals surface area contributed by atoms with E-state index in [0.29, 0.717) is 12.2 Å². The molecule has 0 atom stereocenters. The number of nitrogens with one attached hydrogen (secondary N) is 2. The highest BCUT2D eigenvalue weighted by Crippen LogP contribution is 2.21. The highest BCUT2D eigenvalue weighted by atomic mass is 16.4. The van der Waals surface area contributed by atoms with Gasteiger partial charge in [-0.2, -0.15) is 0 Å². The number of aromatic carboxylic acids is 1. The Morgan fingerprint density at radius 3 is 2.45 bits per heavy atom. The number of benzene rings is 1. The minimum atomic E-state index is -1.24. The minimum absolute atomic E-state index is 0.0602. The van der Waals surface area contributed by atoms with E-state index in [1.54, 1.807) is 0 Å². The lowest BCUT2D eigenvalue weighted by Crippen LogP contribution is -2.37. The smallest absolute Gasteiger partial charge is 0.339 e. The molecule has 1 amide bonds. The molecule has 0 bridgehead atoms. The number of carbonyl (C=O) groups is 2. The lowest BCUT2D eigenvalue weighted by molar-refractivity contribution is -0.116. The van der Waals surface area contributed by atoms with Crippen LogP contribution in [0.5, 0.6) is 5.75 Å². The number of carbonyl (C=O) groups excluding carboxylic acids is 1. The molecular formula is C14H20N2O4. The lowest BCUT2D eigenvalue weighted by atomic mass is 10.1. The summed E-state index contributed by atoms with van der Waals surface area (Å²) in [4.78, 5) is 22.6. The highest BCUT2D eigenvalue weighted by molar-refractivity contribution is 5.95. The van der Waals surface area contributed by atoms with E-state index >= 15 is 0 Å². The average molecular weight is 280 g/mol. The molecule has 4 N–H and O–H groups in total. The van der Waals surface area contributed by atoms with E-state index in [2.05, 4.69) is 10.6 Å². The van der Waals surface area contributed by atoms with Gasteiger partial charge in [0.05, 0.1) is 0 Å². The summed E-state index contributed by atoms with van der Waals surface area (Å²) in [5.74, 6) is -1.79. The second kappa shape index (κ2) is 6.38. The van der Waals surface area contributed by atoms with E-state index in [-0.39, 0.29) is 29.2 Å². The van der Waals surface area contributed by atoms with Gasteiger partial charge in [-0.25, -0.2) is 4.79 Å². The maximum atomic E-state index is 11.7. The van der Waals surface area contributed by atoms with Crippen LogP contribution in [0, 0.1) is 0 Å². The van der Waals surface area contributed by atoms with Crippen molar-refractivity contribution in [3.05, 3.63) is 23.8 Å². The Morgan fingerprint density at radius 1 is 1.25 bits per heavy atom. The van der Waals surface area contributed by atoms with Gasteiger partial charge in [0.1, 0.15) is 11.3 Å². The molecule has 0 saturated heterocycles. The zero-order valence-electron chi connectivity index (χ0n) is 11.9. The number of anilines is 1. The predicted octanol–water partition coefficient (Wildman–Crippen LogP) is 1.81. The number of amides is 1. The van der Waals surface area contributed by atoms with Crippen LogP contribution in [0.2, 0.25) is 0 Å². The fourth-order valence-corrected chi connectivity index (χ4v) is 1.56. The van der Waals surface area contributed by atoms with Gasteiger partial charge in [-0.15, -0.1) is 0 Å². The van der Waals surface area contributed by atoms with Crippen LogP contribution in [-0.2, 0) is 4.79 Å². The van der Waals surface area contributed by atoms with Crippen LogP contribution in [0.1, 0.15) is 37.6 Å². The van der Waals surface area contributed by atoms with Crippen LogP contribution in [0.25, 0.3) is 0 Å². The predicted molar refractivity (Wildman–Crippen MR) is 76.1 cm³/mol. The van der Waals surface area contributed by atoms with Gasteiger partial charge in [-0.1, -0.05) is 0 Å². The Kier molecular flexibility index (Phi) is 5.10. The van der Waals surface area contributed by atoms with Gasteiger partial charge < -0.3 is 20.8 Å². The molecule has 0 aliphatic carbocycles. The SMILES string of the molecule is CC(C)(C)NCCC(=O)Nc1ccc(O)c(C(=O)O)c1. The third kappa shape index (κ3) is 5.27. The molecule has 0 fully saturated rings. The monoisotopic (exact) mass is 280 g/mol. The maximum absolute atomic E-state index is 11.7. The summed E-state index contributed by atoms with van der Waals surface area (Å²) < 4.78 is 0. The van der Waals surface area contributed by atoms with Crippen molar-refractivity contribution in [3.8, 4) is 5.75 Å². The Morgan fingerprint density at radius 2 is 1.90 bits per heavy atom. The average Bonchev–Trinajstić information content (AvgIpc) is 2.29. The first-order valence-electron chi connectivity index (χ1n) is 6.30. The highest BCUT2D eigenvalue weighted by Gasteiger charge is 2.12. The summed E-state index contributed by atoms with van der Waals surface area (Å²) in [6.45, 7) is 6.54. The van der Waals surface area contributed by atoms with Gasteiger partial charge in [-0.3, -0.25) is 4.79 Å². The molecule has 1 aromatic carbocycles. The van der Waals surface area contributed by atoms with E-state index < -0.39 is 5.97 Å². The zero-order chi connectivity index (χ0) is 15.3. The molecule has 0 unspecified atom stereocenters. The summed E-state index contributed by atoms with van der Waals surface area (Å²) in [5.41, 5.74) is 0.0477. The van der Waals surface area contributed by atoms with Crippen molar-refractivity contribution in [2.75, 3.05) is 11.9 Å². The third-order valence-corrected chi connectivity index (χ3v) is 2.52. The van der Waals surface area contributed by atoms with Crippen molar-refractivity contribution < 1.29 is 19.8 Å². The Labute approximate surface area is 117 Å². The number of hydrogen-bond acceptors (Lipinski definition) is 4. The van der Waals surface area contributed by atoms with E-state index in [1.165, 1.54) is 18.2 Å². The summed E-state index contributed by atoms with van der Waals surface area (Å²) in [6.07, 6.45) is 0.278. The van der Waals surface area contributed by atoms with Crippen molar-refractivity contribution >= 4 is 17.6 Å². The van der Waals surface area contributed by atoms with Crippen molar-refractivity contribution in [1.29, 1.82) is 0 Å². The Balaban J connectivity index is 2.58. The molecular weight excluding hydrogens is 260 g/mol. The van der Waals surface area contributed by atoms with Gasteiger partial charge in [0.2, 0.25) is 5.91 Å². The quantitative estimate of drug-likeness (QED) is 0.616. The molecule has 20 heavy (non-hydrogen) atoms. The fourth-order valence-electron chi connectivity index (χ4n) is 1.56. The molecule has 0 aliphatic rings. The summed E-state index contributed by atoms with van der Waals surface area (Å²) in [7, 11) is 0. The molecule has 0 heterocycles. The summed E-state index contributed by atoms with van der Waals surface area (Å²) in [6, 6.07) is 3.93. The number of phenols is 1. The van der Waals surface area contributed by atoms with E-state index in [0.717, 1.165) is 0 Å². The van der Waals surface area contributed by atoms with E-state index in [9.17, 15) is 14.7 Å². The van der Waals surface area contributed by atoms with Crippen LogP contribution in [0.15, 0.2) is 18.2 Å². The maximum Gasteiger partial charge on any atom is 0.339 e. The van der Waals surface area contributed by atoms with Gasteiger partial charge in [0.25, 0.3) is 0 Å². The van der Waals surface area contributed by atoms with Gasteiger partial charge in [0.15, 0.2) is 0 Å². The summed E-state index contributed by atoms with van der Waals surface area (Å²) in [5, 5.41) is 24.0. The molecule has 110 valence electrons. The second-order valence-corrected chi connectivity index (χ2v) is 5.51. The van der Waals surface area contributed by atoms with Crippen LogP contribution < -0.4 is 10.6 Å². The Hall–Kier alpha value is -2.08. The molecule has 0 radical (unpaired) electrons. The molecule has 6 heteroatoms. The molecule has 0 spiro atoms. The van der Waals surface area contributed by atoms with Gasteiger partial charge >= 0.3 is 5.97 Å². The molecule has 0 aliphatic heterocycles. The number of carboxylic acids is 1. The van der Waals surface area contributed by atoms with Crippen molar-refractivity contribution in [3.63, 3.8) is 0 Å². The molecule has 1 aromatic rings. The lowest BCUT2D eigenvalue weighted by Gasteiger charge is -2.20. The first-order valence-corrected chi connectivity index (χ1v) is 6.30. The first kappa shape index (κ1) is 16.0. The standard InChI is InChI=1S/C14H20N2O4/c1-14(2,3)15-7-6-12(18)16-9-4-5-11(17)10(8-9)13(19)20/h4-5,8,15,17H,6-7H2,1-3H3,(H,16,18)(H,19,20). The number of carboxylic acid groups (broad SMARTS) is 1. The first-order chi connectivity index (χ1) is 9.19. The van der Waals surface area contributed by atoms with Gasteiger partial charge in [-0.05, 0) is 39.0 Å². The zero-order valence-corrected chi connectivity index (χ0v) is 11.9. The third-order valence-electron chi connectivity index (χ3n) is 2.52. The fraction of sp³-hybridized carbons (Fsp3) is 0.429. The molecule has 6 nitrogen and oxygen atoms in total. The largest absolute Gasteiger partial charge is 0.507 e. The van der Waals surface area contributed by atoms with E-state index in [1.807, 2.05) is 20.8 Å². The van der Waals surface area contributed by atoms with E-state index in [4.69, 9.17) is 5.11 Å². The molecule has 0 aromatic heterocycles. The van der Waals surface area contributed by atoms with Crippen LogP contribution in [-0.4, -0.2) is 34.2 Å². The van der Waals surface area contributed by atoms with Crippen LogP contribution in [0.3, 0.4) is 0 Å². The van der Waals surface area contributed by atoms with Crippen molar-refractivity contribution in [2.24, 2.45) is 0 Å². The van der Waals surface area contributed by atoms with Crippen LogP contribution >= 0.6 is 0 Å². The summed E-state index contributed by atoms with van der Waals surface area (Å²) >= 11 is 0. The van der Waals surface area contributed by atoms with Crippen molar-refractivity contribution in [1.82, 2.24) is 5.32 Å². The van der Waals surface area contributed by atoms with Crippen molar-refractivity contribution in [2.45, 2.75) is 32.7 Å². The normalized spacial score (nSPS) is 11.2. The minimum Gasteiger partial charge on any atom is -0.507 e. The Bertz CT molecular complexity index is 506.